The van der Waals surface area contributed by atoms with Gasteiger partial charge in [0.2, 0.25) is 0 Å². The van der Waals surface area contributed by atoms with Crippen LogP contribution in [-0.4, -0.2) is 3.21 Å². The molecule has 0 bridgehead atoms. The number of halogens is 2. The summed E-state index contributed by atoms with van der Waals surface area (Å²) in [6, 6.07) is 23.8. The first-order valence-electron chi connectivity index (χ1n) is 13.8. The van der Waals surface area contributed by atoms with Crippen molar-refractivity contribution in [2.24, 2.45) is 5.92 Å². The second-order valence-corrected chi connectivity index (χ2v) is 16.4. The molecule has 0 radical (unpaired) electrons. The number of hydrogen-bond donors (Lipinski definition) is 0. The van der Waals surface area contributed by atoms with Crippen molar-refractivity contribution in [3.63, 3.8) is 0 Å². The Morgan fingerprint density at radius 2 is 1.38 bits per heavy atom. The Morgan fingerprint density at radius 3 is 1.85 bits per heavy atom. The number of rotatable bonds is 3. The van der Waals surface area contributed by atoms with E-state index in [4.69, 9.17) is 0 Å². The predicted molar refractivity (Wildman–Crippen MR) is 162 cm³/mol. The first-order chi connectivity index (χ1) is 16.9. The van der Waals surface area contributed by atoms with Gasteiger partial charge >= 0.3 is 41.3 Å². The molecular formula is C36H50Cl2Zr-2. The minimum Gasteiger partial charge on any atom is -1.00 e. The van der Waals surface area contributed by atoms with Gasteiger partial charge in [-0.05, 0) is 23.3 Å². The zero-order valence-electron chi connectivity index (χ0n) is 26.4. The van der Waals surface area contributed by atoms with Gasteiger partial charge in [-0.1, -0.05) is 116 Å². The molecule has 0 nitrogen and oxygen atoms in total. The molecule has 214 valence electrons. The molecule has 3 aromatic carbocycles. The fourth-order valence-electron chi connectivity index (χ4n) is 4.95. The Morgan fingerprint density at radius 1 is 0.846 bits per heavy atom. The molecule has 0 N–H and O–H groups in total. The monoisotopic (exact) mass is 642 g/mol. The van der Waals surface area contributed by atoms with Crippen LogP contribution in [0.2, 0.25) is 0 Å². The van der Waals surface area contributed by atoms with Gasteiger partial charge in [-0.15, -0.1) is 5.56 Å². The Balaban J connectivity index is 0.000000687. The van der Waals surface area contributed by atoms with Gasteiger partial charge in [-0.2, -0.15) is 53.1 Å². The van der Waals surface area contributed by atoms with Crippen LogP contribution in [-0.2, 0) is 46.9 Å². The minimum atomic E-state index is 0. The Labute approximate surface area is 268 Å². The molecule has 0 atom stereocenters. The second kappa shape index (κ2) is 15.4. The topological polar surface area (TPSA) is 0 Å². The molecule has 1 aliphatic rings. The van der Waals surface area contributed by atoms with E-state index in [-0.39, 0.29) is 35.6 Å². The first kappa shape index (κ1) is 38.1. The molecule has 0 saturated carbocycles. The largest absolute Gasteiger partial charge is 1.00 e. The van der Waals surface area contributed by atoms with E-state index in [1.165, 1.54) is 48.6 Å². The van der Waals surface area contributed by atoms with Crippen LogP contribution < -0.4 is 24.8 Å². The zero-order chi connectivity index (χ0) is 28.2. The van der Waals surface area contributed by atoms with E-state index >= 15 is 0 Å². The van der Waals surface area contributed by atoms with Gasteiger partial charge in [0.05, 0.1) is 0 Å². The molecule has 0 aliphatic heterocycles. The fraction of sp³-hybridized carbons (Fsp3) is 0.500. The van der Waals surface area contributed by atoms with Crippen LogP contribution in [0.15, 0.2) is 54.6 Å². The van der Waals surface area contributed by atoms with Gasteiger partial charge in [0.15, 0.2) is 0 Å². The third-order valence-corrected chi connectivity index (χ3v) is 6.89. The maximum Gasteiger partial charge on any atom is -1.00 e. The molecule has 0 fully saturated rings. The van der Waals surface area contributed by atoms with Gasteiger partial charge in [0.1, 0.15) is 0 Å². The van der Waals surface area contributed by atoms with Crippen molar-refractivity contribution in [3.8, 4) is 11.1 Å². The van der Waals surface area contributed by atoms with E-state index in [1.807, 2.05) is 0 Å². The van der Waals surface area contributed by atoms with Crippen LogP contribution in [0.25, 0.3) is 11.1 Å². The molecule has 0 unspecified atom stereocenters. The van der Waals surface area contributed by atoms with E-state index in [2.05, 4.69) is 144 Å². The summed E-state index contributed by atoms with van der Waals surface area (Å²) in [6.07, 6.45) is 2.29. The molecule has 0 heterocycles. The van der Waals surface area contributed by atoms with Gasteiger partial charge in [0, 0.05) is 0 Å². The maximum atomic E-state index is 3.53. The Bertz CT molecular complexity index is 1100. The summed E-state index contributed by atoms with van der Waals surface area (Å²) < 4.78 is 1.51. The SMILES string of the molecule is CC(C)(C)c1c[c-]c2c(c1)-c1cc(C(C)(C)C)ccc1C2.CC(C)CC(C)(C)c1cc[cH-]c1.C[C](C)=[Zr+2].[Cl-].[Cl-]. The van der Waals surface area contributed by atoms with Crippen molar-refractivity contribution in [2.45, 2.75) is 112 Å². The number of hydrogen-bond acceptors (Lipinski definition) is 0. The average molecular weight is 645 g/mol. The summed E-state index contributed by atoms with van der Waals surface area (Å²) in [6.45, 7) is 27.1. The quantitative estimate of drug-likeness (QED) is 0.295. The standard InChI is InChI=1S/C21H25.C12H19.C3H6.2ClH.Zr/c1-20(2,3)16-9-7-14-11-15-8-10-17(21(4,5)6)13-19(15)18(14)12-16;1-10(2)9-12(3,4)11-7-5-6-8-11;1-3-2;;;/h7,9-10,12-13H,11H2,1-6H3;5-8,10H,9H2,1-4H3;1-2H3;2*1H;/q2*-1;;;;+2/p-2. The Kier molecular flexibility index (Phi) is 15.0. The molecule has 4 rings (SSSR count). The normalized spacial score (nSPS) is 12.1. The maximum absolute atomic E-state index is 3.53. The smallest absolute Gasteiger partial charge is 1.00 e. The third-order valence-electron chi connectivity index (χ3n) is 6.89. The van der Waals surface area contributed by atoms with Crippen LogP contribution in [0, 0.1) is 12.0 Å². The van der Waals surface area contributed by atoms with Gasteiger partial charge in [0.25, 0.3) is 0 Å². The molecule has 0 spiro atoms. The summed E-state index contributed by atoms with van der Waals surface area (Å²) in [5.41, 5.74) is 10.6. The van der Waals surface area contributed by atoms with E-state index in [0.29, 0.717) is 5.41 Å². The van der Waals surface area contributed by atoms with E-state index in [1.54, 1.807) is 24.2 Å². The van der Waals surface area contributed by atoms with Gasteiger partial charge < -0.3 is 24.8 Å². The fourth-order valence-corrected chi connectivity index (χ4v) is 4.95. The minimum absolute atomic E-state index is 0. The zero-order valence-corrected chi connectivity index (χ0v) is 30.4. The molecular weight excluding hydrogens is 595 g/mol. The Hall–Kier alpha value is -0.877. The van der Waals surface area contributed by atoms with Crippen molar-refractivity contribution >= 4 is 3.21 Å². The molecule has 0 amide bonds. The van der Waals surface area contributed by atoms with E-state index in [0.717, 1.165) is 12.3 Å². The molecule has 0 saturated heterocycles. The number of fused-ring (bicyclic) bond motifs is 3. The summed E-state index contributed by atoms with van der Waals surface area (Å²) in [4.78, 5) is 0. The predicted octanol–water partition coefficient (Wildman–Crippen LogP) is 4.14. The molecule has 3 heteroatoms. The van der Waals surface area contributed by atoms with E-state index in [9.17, 15) is 0 Å². The van der Waals surface area contributed by atoms with E-state index < -0.39 is 0 Å². The summed E-state index contributed by atoms with van der Waals surface area (Å²) >= 11 is 1.55. The summed E-state index contributed by atoms with van der Waals surface area (Å²) in [7, 11) is 0. The number of benzene rings is 2. The van der Waals surface area contributed by atoms with Crippen LogP contribution in [0.5, 0.6) is 0 Å². The average Bonchev–Trinajstić information content (AvgIpc) is 3.39. The molecule has 3 aromatic rings. The molecule has 0 aromatic heterocycles. The first-order valence-corrected chi connectivity index (χ1v) is 15.1. The van der Waals surface area contributed by atoms with Crippen LogP contribution >= 0.6 is 0 Å². The second-order valence-electron chi connectivity index (χ2n) is 14.0. The molecule has 39 heavy (non-hydrogen) atoms. The molecule has 1 aliphatic carbocycles. The summed E-state index contributed by atoms with van der Waals surface area (Å²) in [5, 5.41) is 0. The van der Waals surface area contributed by atoms with Crippen molar-refractivity contribution in [1.29, 1.82) is 0 Å². The summed E-state index contributed by atoms with van der Waals surface area (Å²) in [5.74, 6) is 0.773. The van der Waals surface area contributed by atoms with Crippen molar-refractivity contribution in [1.82, 2.24) is 0 Å². The third kappa shape index (κ3) is 11.5. The van der Waals surface area contributed by atoms with Crippen LogP contribution in [0.3, 0.4) is 0 Å². The van der Waals surface area contributed by atoms with Crippen molar-refractivity contribution < 1.29 is 49.0 Å². The van der Waals surface area contributed by atoms with Crippen LogP contribution in [0.4, 0.5) is 0 Å². The van der Waals surface area contributed by atoms with Gasteiger partial charge in [-0.3, -0.25) is 0 Å². The van der Waals surface area contributed by atoms with Crippen molar-refractivity contribution in [3.05, 3.63) is 88.5 Å². The van der Waals surface area contributed by atoms with Crippen LogP contribution in [0.1, 0.15) is 117 Å². The van der Waals surface area contributed by atoms with Crippen molar-refractivity contribution in [2.75, 3.05) is 0 Å². The van der Waals surface area contributed by atoms with Gasteiger partial charge in [-0.25, -0.2) is 6.07 Å².